The van der Waals surface area contributed by atoms with E-state index in [0.717, 1.165) is 12.8 Å². The van der Waals surface area contributed by atoms with E-state index in [1.807, 2.05) is 0 Å². The summed E-state index contributed by atoms with van der Waals surface area (Å²) in [5, 5.41) is 0. The monoisotopic (exact) mass is 102 g/mol. The van der Waals surface area contributed by atoms with Gasteiger partial charge in [0.25, 0.3) is 0 Å². The van der Waals surface area contributed by atoms with Gasteiger partial charge in [0.1, 0.15) is 0 Å². The van der Waals surface area contributed by atoms with Crippen LogP contribution in [0.15, 0.2) is 12.2 Å². The molecule has 1 aliphatic rings. The summed E-state index contributed by atoms with van der Waals surface area (Å²) in [5.74, 6) is 0.338. The van der Waals surface area contributed by atoms with Crippen molar-refractivity contribution in [2.24, 2.45) is 0 Å². The highest BCUT2D eigenvalue weighted by molar-refractivity contribution is 6.22. The molecule has 2 heteroatoms. The number of hydrogen-bond donors (Lipinski definition) is 0. The number of rotatable bonds is 0. The first kappa shape index (κ1) is 6.00. The van der Waals surface area contributed by atoms with Crippen LogP contribution in [-0.4, -0.2) is 15.7 Å². The number of allylic oxidation sites excluding steroid dienone is 1. The fraction of sp³-hybridized carbons (Fsp3) is 0.667. The van der Waals surface area contributed by atoms with Gasteiger partial charge >= 0.3 is 0 Å². The van der Waals surface area contributed by atoms with Crippen molar-refractivity contribution >= 4 is 15.7 Å². The molecular weight excluding hydrogens is 93.7 g/mol. The molecule has 0 spiro atoms. The predicted molar refractivity (Wildman–Crippen MR) is 37.4 cm³/mol. The van der Waals surface area contributed by atoms with E-state index in [4.69, 9.17) is 15.7 Å². The second-order valence-electron chi connectivity index (χ2n) is 2.49. The normalized spacial score (nSPS) is 38.2. The van der Waals surface area contributed by atoms with Crippen LogP contribution in [0.1, 0.15) is 12.8 Å². The van der Waals surface area contributed by atoms with Gasteiger partial charge in [0.2, 0.25) is 0 Å². The summed E-state index contributed by atoms with van der Waals surface area (Å²) >= 11 is 0. The lowest BCUT2D eigenvalue weighted by Gasteiger charge is -2.05. The Morgan fingerprint density at radius 3 is 1.75 bits per heavy atom. The zero-order chi connectivity index (χ0) is 6.15. The van der Waals surface area contributed by atoms with E-state index in [1.54, 1.807) is 0 Å². The zero-order valence-electron chi connectivity index (χ0n) is 4.93. The van der Waals surface area contributed by atoms with E-state index in [1.165, 1.54) is 5.57 Å². The second kappa shape index (κ2) is 2.00. The zero-order valence-corrected chi connectivity index (χ0v) is 4.93. The molecule has 38 valence electrons. The maximum Gasteiger partial charge on any atom is 0.0697 e. The first-order valence-electron chi connectivity index (χ1n) is 2.88. The van der Waals surface area contributed by atoms with Crippen LogP contribution in [-0.2, 0) is 0 Å². The fourth-order valence-corrected chi connectivity index (χ4v) is 1.05. The van der Waals surface area contributed by atoms with Gasteiger partial charge in [-0.2, -0.15) is 0 Å². The summed E-state index contributed by atoms with van der Waals surface area (Å²) < 4.78 is 0. The van der Waals surface area contributed by atoms with Crippen LogP contribution in [0.25, 0.3) is 0 Å². The maximum absolute atomic E-state index is 5.58. The third-order valence-electron chi connectivity index (χ3n) is 1.60. The molecule has 4 radical (unpaired) electrons. The molecule has 0 amide bonds. The molecule has 1 rings (SSSR count). The summed E-state index contributed by atoms with van der Waals surface area (Å²) in [6.45, 7) is 3.80. The Labute approximate surface area is 53.2 Å². The molecule has 0 aromatic rings. The quantitative estimate of drug-likeness (QED) is 0.318. The van der Waals surface area contributed by atoms with Crippen LogP contribution < -0.4 is 0 Å². The molecule has 0 bridgehead atoms. The SMILES string of the molecule is [B]C1CC(=C)CC1[B]. The molecular formula is C6H8B2. The highest BCUT2D eigenvalue weighted by Gasteiger charge is 2.19. The molecule has 8 heavy (non-hydrogen) atoms. The smallest absolute Gasteiger partial charge is 0.0697 e. The van der Waals surface area contributed by atoms with Gasteiger partial charge in [-0.15, -0.1) is 0 Å². The third-order valence-corrected chi connectivity index (χ3v) is 1.60. The lowest BCUT2D eigenvalue weighted by atomic mass is 9.69. The second-order valence-corrected chi connectivity index (χ2v) is 2.49. The van der Waals surface area contributed by atoms with Gasteiger partial charge < -0.3 is 0 Å². The molecule has 0 aliphatic heterocycles. The minimum Gasteiger partial charge on any atom is -0.0999 e. The van der Waals surface area contributed by atoms with Crippen LogP contribution in [0.4, 0.5) is 0 Å². The first-order valence-corrected chi connectivity index (χ1v) is 2.88. The maximum atomic E-state index is 5.58. The molecule has 1 saturated carbocycles. The van der Waals surface area contributed by atoms with Crippen molar-refractivity contribution in [1.82, 2.24) is 0 Å². The van der Waals surface area contributed by atoms with Crippen molar-refractivity contribution in [3.05, 3.63) is 12.2 Å². The summed E-state index contributed by atoms with van der Waals surface area (Å²) in [6.07, 6.45) is 1.84. The van der Waals surface area contributed by atoms with Gasteiger partial charge in [-0.1, -0.05) is 23.8 Å². The lowest BCUT2D eigenvalue weighted by Crippen LogP contribution is -1.92. The topological polar surface area (TPSA) is 0 Å². The van der Waals surface area contributed by atoms with Crippen molar-refractivity contribution < 1.29 is 0 Å². The summed E-state index contributed by atoms with van der Waals surface area (Å²) in [5.41, 5.74) is 1.20. The third kappa shape index (κ3) is 0.988. The van der Waals surface area contributed by atoms with E-state index in [-0.39, 0.29) is 11.6 Å². The largest absolute Gasteiger partial charge is 0.0999 e. The Bertz CT molecular complexity index is 97.1. The van der Waals surface area contributed by atoms with Crippen molar-refractivity contribution in [2.75, 3.05) is 0 Å². The lowest BCUT2D eigenvalue weighted by molar-refractivity contribution is 0.875. The van der Waals surface area contributed by atoms with Crippen molar-refractivity contribution in [1.29, 1.82) is 0 Å². The average Bonchev–Trinajstić information content (AvgIpc) is 1.85. The summed E-state index contributed by atoms with van der Waals surface area (Å²) in [6, 6.07) is 0. The van der Waals surface area contributed by atoms with Crippen LogP contribution >= 0.6 is 0 Å². The van der Waals surface area contributed by atoms with E-state index in [0.29, 0.717) is 0 Å². The van der Waals surface area contributed by atoms with E-state index >= 15 is 0 Å². The first-order chi connectivity index (χ1) is 3.70. The highest BCUT2D eigenvalue weighted by Crippen LogP contribution is 2.39. The molecule has 1 aliphatic carbocycles. The Hall–Kier alpha value is -0.130. The van der Waals surface area contributed by atoms with Gasteiger partial charge in [-0.3, -0.25) is 0 Å². The van der Waals surface area contributed by atoms with Crippen LogP contribution in [0.5, 0.6) is 0 Å². The molecule has 0 aromatic heterocycles. The average molecular weight is 102 g/mol. The van der Waals surface area contributed by atoms with E-state index in [2.05, 4.69) is 6.58 Å². The van der Waals surface area contributed by atoms with E-state index < -0.39 is 0 Å². The molecule has 2 atom stereocenters. The minimum absolute atomic E-state index is 0.169. The van der Waals surface area contributed by atoms with Gasteiger partial charge in [0.05, 0.1) is 15.7 Å². The van der Waals surface area contributed by atoms with E-state index in [9.17, 15) is 0 Å². The molecule has 0 aromatic carbocycles. The van der Waals surface area contributed by atoms with Gasteiger partial charge in [0.15, 0.2) is 0 Å². The predicted octanol–water partition coefficient (Wildman–Crippen LogP) is 1.25. The van der Waals surface area contributed by atoms with Gasteiger partial charge in [-0.05, 0) is 12.8 Å². The summed E-state index contributed by atoms with van der Waals surface area (Å²) in [4.78, 5) is 0. The minimum atomic E-state index is 0.169. The molecule has 0 N–H and O–H groups in total. The molecule has 2 unspecified atom stereocenters. The highest BCUT2D eigenvalue weighted by atomic mass is 14.2. The molecule has 0 saturated heterocycles. The Morgan fingerprint density at radius 1 is 1.25 bits per heavy atom. The summed E-state index contributed by atoms with van der Waals surface area (Å²) in [7, 11) is 11.2. The van der Waals surface area contributed by atoms with Gasteiger partial charge in [0, 0.05) is 0 Å². The molecule has 0 nitrogen and oxygen atoms in total. The number of hydrogen-bond acceptors (Lipinski definition) is 0. The van der Waals surface area contributed by atoms with Gasteiger partial charge in [-0.25, -0.2) is 0 Å². The van der Waals surface area contributed by atoms with Crippen molar-refractivity contribution in [3.8, 4) is 0 Å². The Balaban J connectivity index is 2.51. The van der Waals surface area contributed by atoms with Crippen LogP contribution in [0, 0.1) is 0 Å². The molecule has 0 heterocycles. The van der Waals surface area contributed by atoms with Crippen molar-refractivity contribution in [2.45, 2.75) is 24.5 Å². The van der Waals surface area contributed by atoms with Crippen LogP contribution in [0.3, 0.4) is 0 Å². The Morgan fingerprint density at radius 2 is 1.62 bits per heavy atom. The van der Waals surface area contributed by atoms with Crippen molar-refractivity contribution in [3.63, 3.8) is 0 Å². The fourth-order valence-electron chi connectivity index (χ4n) is 1.05. The van der Waals surface area contributed by atoms with Crippen LogP contribution in [0.2, 0.25) is 11.6 Å². The Kier molecular flexibility index (Phi) is 1.50. The standard InChI is InChI=1S/C6H8B2/c1-4-2-5(7)6(8)3-4/h5-6H,1-3H2. The molecule has 1 fully saturated rings.